The molecule has 0 aliphatic heterocycles. The highest BCUT2D eigenvalue weighted by molar-refractivity contribution is 6.26. The SMILES string of the molecule is c1ccc(-c2ccccc2-c2ccccc2-c2cccc3cc4ccccc4c(-c4c5ccccc5cc5ccccc45)c23)cc1. The molecule has 0 nitrogen and oxygen atoms in total. The van der Waals surface area contributed by atoms with Gasteiger partial charge in [-0.2, -0.15) is 0 Å². The molecule has 0 bridgehead atoms. The quantitative estimate of drug-likeness (QED) is 0.181. The lowest BCUT2D eigenvalue weighted by Gasteiger charge is -2.21. The summed E-state index contributed by atoms with van der Waals surface area (Å²) in [4.78, 5) is 0. The standard InChI is InChI=1S/C46H30/c1-2-15-31(16-3-1)36-21-10-11-25-40(36)41-26-12-13-27-42(41)43-28-14-20-35-30-34-19-6-9-24-39(34)46(44(35)43)45-37-22-7-4-17-32(37)29-33-18-5-8-23-38(33)45/h1-30H. The maximum absolute atomic E-state index is 2.37. The Morgan fingerprint density at radius 2 is 0.630 bits per heavy atom. The van der Waals surface area contributed by atoms with Crippen molar-refractivity contribution in [1.29, 1.82) is 0 Å². The maximum atomic E-state index is 2.37. The van der Waals surface area contributed by atoms with Gasteiger partial charge in [-0.1, -0.05) is 170 Å². The summed E-state index contributed by atoms with van der Waals surface area (Å²) in [5.74, 6) is 0. The average molecular weight is 583 g/mol. The van der Waals surface area contributed by atoms with Crippen LogP contribution in [0.25, 0.3) is 87.6 Å². The van der Waals surface area contributed by atoms with Gasteiger partial charge in [0.2, 0.25) is 0 Å². The van der Waals surface area contributed by atoms with Crippen LogP contribution < -0.4 is 0 Å². The van der Waals surface area contributed by atoms with Crippen molar-refractivity contribution in [2.24, 2.45) is 0 Å². The van der Waals surface area contributed by atoms with Crippen LogP contribution in [0.1, 0.15) is 0 Å². The molecule has 0 radical (unpaired) electrons. The summed E-state index contributed by atoms with van der Waals surface area (Å²) in [5, 5.41) is 10.1. The predicted molar refractivity (Wildman–Crippen MR) is 198 cm³/mol. The summed E-state index contributed by atoms with van der Waals surface area (Å²) in [6, 6.07) is 66.6. The van der Waals surface area contributed by atoms with E-state index >= 15 is 0 Å². The van der Waals surface area contributed by atoms with E-state index in [9.17, 15) is 0 Å². The van der Waals surface area contributed by atoms with Crippen LogP contribution in [-0.4, -0.2) is 0 Å². The van der Waals surface area contributed by atoms with Crippen LogP contribution in [0.5, 0.6) is 0 Å². The van der Waals surface area contributed by atoms with Gasteiger partial charge in [0.05, 0.1) is 0 Å². The first kappa shape index (κ1) is 26.4. The van der Waals surface area contributed by atoms with Gasteiger partial charge in [0.15, 0.2) is 0 Å². The van der Waals surface area contributed by atoms with Crippen molar-refractivity contribution in [3.05, 3.63) is 182 Å². The van der Waals surface area contributed by atoms with Gasteiger partial charge in [-0.15, -0.1) is 0 Å². The van der Waals surface area contributed by atoms with Crippen LogP contribution in [0.15, 0.2) is 182 Å². The third-order valence-electron chi connectivity index (χ3n) is 9.43. The summed E-state index contributed by atoms with van der Waals surface area (Å²) < 4.78 is 0. The fraction of sp³-hybridized carbons (Fsp3) is 0. The zero-order valence-corrected chi connectivity index (χ0v) is 25.3. The number of hydrogen-bond acceptors (Lipinski definition) is 0. The van der Waals surface area contributed by atoms with Crippen LogP contribution >= 0.6 is 0 Å². The van der Waals surface area contributed by atoms with E-state index in [2.05, 4.69) is 182 Å². The number of hydrogen-bond donors (Lipinski definition) is 0. The summed E-state index contributed by atoms with van der Waals surface area (Å²) in [6.45, 7) is 0. The second-order valence-electron chi connectivity index (χ2n) is 12.0. The lowest BCUT2D eigenvalue weighted by Crippen LogP contribution is -1.94. The van der Waals surface area contributed by atoms with Crippen molar-refractivity contribution in [3.8, 4) is 44.5 Å². The molecular weight excluding hydrogens is 553 g/mol. The first-order chi connectivity index (χ1) is 22.8. The Kier molecular flexibility index (Phi) is 6.25. The molecule has 0 heteroatoms. The zero-order chi connectivity index (χ0) is 30.5. The highest BCUT2D eigenvalue weighted by Gasteiger charge is 2.20. The van der Waals surface area contributed by atoms with Gasteiger partial charge in [-0.05, 0) is 99.7 Å². The van der Waals surface area contributed by atoms with E-state index in [1.807, 2.05) is 0 Å². The highest BCUT2D eigenvalue weighted by Crippen LogP contribution is 2.48. The Morgan fingerprint density at radius 1 is 0.239 bits per heavy atom. The Hall–Kier alpha value is -5.98. The second kappa shape index (κ2) is 10.9. The summed E-state index contributed by atoms with van der Waals surface area (Å²) in [6.07, 6.45) is 0. The van der Waals surface area contributed by atoms with Crippen LogP contribution in [0.3, 0.4) is 0 Å². The van der Waals surface area contributed by atoms with Gasteiger partial charge in [0.1, 0.15) is 0 Å². The lowest BCUT2D eigenvalue weighted by atomic mass is 9.82. The minimum Gasteiger partial charge on any atom is -0.0622 e. The molecule has 0 saturated heterocycles. The topological polar surface area (TPSA) is 0 Å². The average Bonchev–Trinajstić information content (AvgIpc) is 3.13. The maximum Gasteiger partial charge on any atom is -0.000808 e. The van der Waals surface area contributed by atoms with Gasteiger partial charge in [-0.3, -0.25) is 0 Å². The molecule has 214 valence electrons. The van der Waals surface area contributed by atoms with Gasteiger partial charge in [0, 0.05) is 0 Å². The van der Waals surface area contributed by atoms with Crippen molar-refractivity contribution in [2.75, 3.05) is 0 Å². The third-order valence-corrected chi connectivity index (χ3v) is 9.43. The van der Waals surface area contributed by atoms with Crippen LogP contribution in [-0.2, 0) is 0 Å². The minimum absolute atomic E-state index is 1.22. The molecule has 0 unspecified atom stereocenters. The third kappa shape index (κ3) is 4.23. The van der Waals surface area contributed by atoms with Gasteiger partial charge < -0.3 is 0 Å². The first-order valence-electron chi connectivity index (χ1n) is 15.9. The van der Waals surface area contributed by atoms with E-state index in [1.54, 1.807) is 0 Å². The predicted octanol–water partition coefficient (Wildman–Crippen LogP) is 13.0. The molecular formula is C46H30. The Morgan fingerprint density at radius 3 is 1.24 bits per heavy atom. The molecule has 46 heavy (non-hydrogen) atoms. The summed E-state index contributed by atoms with van der Waals surface area (Å²) >= 11 is 0. The van der Waals surface area contributed by atoms with E-state index in [1.165, 1.54) is 87.6 Å². The fourth-order valence-electron chi connectivity index (χ4n) is 7.43. The molecule has 0 aliphatic carbocycles. The minimum atomic E-state index is 1.22. The molecule has 0 N–H and O–H groups in total. The monoisotopic (exact) mass is 582 g/mol. The first-order valence-corrected chi connectivity index (χ1v) is 15.9. The second-order valence-corrected chi connectivity index (χ2v) is 12.0. The van der Waals surface area contributed by atoms with Gasteiger partial charge in [0.25, 0.3) is 0 Å². The smallest absolute Gasteiger partial charge is 0.000808 e. The normalized spacial score (nSPS) is 11.5. The van der Waals surface area contributed by atoms with Crippen LogP contribution in [0.2, 0.25) is 0 Å². The Labute approximate surface area is 268 Å². The molecule has 9 rings (SSSR count). The molecule has 0 saturated carbocycles. The largest absolute Gasteiger partial charge is 0.0622 e. The van der Waals surface area contributed by atoms with E-state index in [4.69, 9.17) is 0 Å². The summed E-state index contributed by atoms with van der Waals surface area (Å²) in [7, 11) is 0. The molecule has 9 aromatic carbocycles. The van der Waals surface area contributed by atoms with E-state index in [-0.39, 0.29) is 0 Å². The molecule has 0 heterocycles. The number of benzene rings is 9. The van der Waals surface area contributed by atoms with E-state index in [0.717, 1.165) is 0 Å². The molecule has 9 aromatic rings. The lowest BCUT2D eigenvalue weighted by molar-refractivity contribution is 1.57. The van der Waals surface area contributed by atoms with Crippen molar-refractivity contribution < 1.29 is 0 Å². The van der Waals surface area contributed by atoms with E-state index in [0.29, 0.717) is 0 Å². The molecule has 0 atom stereocenters. The molecule has 0 aliphatic rings. The molecule has 0 amide bonds. The van der Waals surface area contributed by atoms with Gasteiger partial charge in [-0.25, -0.2) is 0 Å². The van der Waals surface area contributed by atoms with E-state index < -0.39 is 0 Å². The van der Waals surface area contributed by atoms with Crippen LogP contribution in [0, 0.1) is 0 Å². The molecule has 0 aromatic heterocycles. The van der Waals surface area contributed by atoms with Crippen molar-refractivity contribution in [1.82, 2.24) is 0 Å². The number of rotatable bonds is 4. The number of fused-ring (bicyclic) bond motifs is 4. The molecule has 0 fully saturated rings. The van der Waals surface area contributed by atoms with Crippen molar-refractivity contribution in [2.45, 2.75) is 0 Å². The van der Waals surface area contributed by atoms with Gasteiger partial charge >= 0.3 is 0 Å². The molecule has 0 spiro atoms. The van der Waals surface area contributed by atoms with Crippen molar-refractivity contribution >= 4 is 43.1 Å². The Balaban J connectivity index is 1.44. The summed E-state index contributed by atoms with van der Waals surface area (Å²) in [5.41, 5.74) is 10.00. The fourth-order valence-corrected chi connectivity index (χ4v) is 7.43. The highest BCUT2D eigenvalue weighted by atomic mass is 14.2. The Bertz CT molecular complexity index is 2520. The zero-order valence-electron chi connectivity index (χ0n) is 25.3. The van der Waals surface area contributed by atoms with Crippen molar-refractivity contribution in [3.63, 3.8) is 0 Å². The van der Waals surface area contributed by atoms with Crippen LogP contribution in [0.4, 0.5) is 0 Å².